The van der Waals surface area contributed by atoms with Crippen LogP contribution in [0.5, 0.6) is 0 Å². The molecule has 2 heterocycles. The Labute approximate surface area is 220 Å². The molecule has 1 aromatic carbocycles. The van der Waals surface area contributed by atoms with Crippen molar-refractivity contribution in [3.05, 3.63) is 45.4 Å². The van der Waals surface area contributed by atoms with Gasteiger partial charge in [-0.15, -0.1) is 11.3 Å². The summed E-state index contributed by atoms with van der Waals surface area (Å²) in [7, 11) is 0. The van der Waals surface area contributed by atoms with Crippen LogP contribution in [0.1, 0.15) is 28.9 Å². The lowest BCUT2D eigenvalue weighted by atomic mass is 9.90. The molecule has 13 heteroatoms. The second kappa shape index (κ2) is 12.2. The van der Waals surface area contributed by atoms with Crippen LogP contribution < -0.4 is 15.5 Å². The highest BCUT2D eigenvalue weighted by molar-refractivity contribution is 7.18. The van der Waals surface area contributed by atoms with E-state index in [1.54, 1.807) is 6.07 Å². The maximum absolute atomic E-state index is 14.9. The molecule has 2 N–H and O–H groups in total. The molecule has 3 amide bonds. The lowest BCUT2D eigenvalue weighted by Gasteiger charge is -2.41. The Bertz CT molecular complexity index is 1150. The zero-order chi connectivity index (χ0) is 26.5. The zero-order valence-electron chi connectivity index (χ0n) is 19.7. The number of hydrogen-bond acceptors (Lipinski definition) is 6. The van der Waals surface area contributed by atoms with Crippen LogP contribution >= 0.6 is 22.9 Å². The number of carbonyl (C=O) groups is 3. The molecule has 1 saturated carbocycles. The summed E-state index contributed by atoms with van der Waals surface area (Å²) in [5, 5.41) is 5.22. The van der Waals surface area contributed by atoms with Crippen LogP contribution in [0.3, 0.4) is 0 Å². The number of amides is 3. The molecule has 0 unspecified atom stereocenters. The van der Waals surface area contributed by atoms with Crippen molar-refractivity contribution >= 4 is 52.0 Å². The molecule has 1 saturated heterocycles. The Morgan fingerprint density at radius 1 is 1.24 bits per heavy atom. The topological polar surface area (TPSA) is 91.0 Å². The fraction of sp³-hybridized carbons (Fsp3) is 0.458. The van der Waals surface area contributed by atoms with Crippen molar-refractivity contribution in [2.45, 2.75) is 37.8 Å². The molecule has 1 aliphatic carbocycles. The second-order valence-corrected chi connectivity index (χ2v) is 10.5. The van der Waals surface area contributed by atoms with Gasteiger partial charge in [-0.25, -0.2) is 13.2 Å². The van der Waals surface area contributed by atoms with Crippen molar-refractivity contribution in [1.29, 1.82) is 0 Å². The van der Waals surface area contributed by atoms with Crippen LogP contribution in [0, 0.1) is 5.82 Å². The van der Waals surface area contributed by atoms with E-state index in [0.29, 0.717) is 22.1 Å². The van der Waals surface area contributed by atoms with Gasteiger partial charge in [0.2, 0.25) is 5.91 Å². The van der Waals surface area contributed by atoms with E-state index in [0.717, 1.165) is 23.8 Å². The molecule has 1 aliphatic heterocycles. The Balaban J connectivity index is 1.51. The first-order valence-electron chi connectivity index (χ1n) is 11.8. The number of nitrogens with one attached hydrogen (secondary N) is 2. The van der Waals surface area contributed by atoms with E-state index in [4.69, 9.17) is 16.3 Å². The van der Waals surface area contributed by atoms with E-state index in [1.807, 2.05) is 0 Å². The highest BCUT2D eigenvalue weighted by Gasteiger charge is 2.36. The number of thiophene rings is 1. The summed E-state index contributed by atoms with van der Waals surface area (Å²) in [4.78, 5) is 40.9. The summed E-state index contributed by atoms with van der Waals surface area (Å²) in [5.41, 5.74) is 0.150. The average molecular weight is 559 g/mol. The molecule has 200 valence electrons. The molecule has 2 aromatic rings. The molecular weight excluding hydrogens is 533 g/mol. The van der Waals surface area contributed by atoms with Gasteiger partial charge in [0.25, 0.3) is 18.2 Å². The molecule has 4 rings (SSSR count). The van der Waals surface area contributed by atoms with Gasteiger partial charge in [-0.3, -0.25) is 19.3 Å². The van der Waals surface area contributed by atoms with Gasteiger partial charge in [-0.1, -0.05) is 18.0 Å². The van der Waals surface area contributed by atoms with Crippen molar-refractivity contribution in [1.82, 2.24) is 10.2 Å². The summed E-state index contributed by atoms with van der Waals surface area (Å²) in [6.45, 7) is -0.551. The smallest absolute Gasteiger partial charge is 0.261 e. The number of benzene rings is 1. The van der Waals surface area contributed by atoms with Gasteiger partial charge in [0, 0.05) is 24.8 Å². The second-order valence-electron chi connectivity index (χ2n) is 8.76. The molecule has 2 aliphatic rings. The van der Waals surface area contributed by atoms with Crippen LogP contribution in [0.2, 0.25) is 4.34 Å². The van der Waals surface area contributed by atoms with E-state index < -0.39 is 36.6 Å². The van der Waals surface area contributed by atoms with Gasteiger partial charge in [0.05, 0.1) is 28.1 Å². The largest absolute Gasteiger partial charge is 0.370 e. The number of hydrogen-bond donors (Lipinski definition) is 2. The van der Waals surface area contributed by atoms with Crippen molar-refractivity contribution in [2.24, 2.45) is 0 Å². The third kappa shape index (κ3) is 6.81. The quantitative estimate of drug-likeness (QED) is 0.463. The number of morpholine rings is 1. The van der Waals surface area contributed by atoms with Crippen LogP contribution in [-0.2, 0) is 14.3 Å². The lowest BCUT2D eigenvalue weighted by molar-refractivity contribution is -0.126. The number of halogens is 4. The summed E-state index contributed by atoms with van der Waals surface area (Å²) in [6, 6.07) is 5.61. The Morgan fingerprint density at radius 3 is 2.62 bits per heavy atom. The van der Waals surface area contributed by atoms with Gasteiger partial charge in [0.15, 0.2) is 0 Å². The normalized spacial score (nSPS) is 17.1. The van der Waals surface area contributed by atoms with E-state index in [1.165, 1.54) is 28.0 Å². The van der Waals surface area contributed by atoms with Crippen molar-refractivity contribution in [3.8, 4) is 0 Å². The fourth-order valence-corrected chi connectivity index (χ4v) is 5.24. The summed E-state index contributed by atoms with van der Waals surface area (Å²) in [6.07, 6.45) is -0.527. The first kappa shape index (κ1) is 27.4. The van der Waals surface area contributed by atoms with E-state index in [9.17, 15) is 27.6 Å². The molecule has 0 bridgehead atoms. The van der Waals surface area contributed by atoms with Crippen LogP contribution in [0.4, 0.5) is 24.5 Å². The molecular formula is C24H26ClF3N4O4S. The first-order valence-corrected chi connectivity index (χ1v) is 13.0. The highest BCUT2D eigenvalue weighted by atomic mass is 35.5. The standard InChI is InChI=1S/C24H26ClF3N4O4S/c25-20-7-6-19(37-20)24(35)29-11-18(32(12-21(27)28)15-2-1-3-15)23(34)30-14-4-5-17(16(26)10-14)31-8-9-36-13-22(31)33/h4-7,10,15,18,21H,1-3,8-9,11-13H2,(H,29,35)(H,30,34)/t18-/m0/s1. The summed E-state index contributed by atoms with van der Waals surface area (Å²) in [5.74, 6) is -2.25. The van der Waals surface area contributed by atoms with Crippen LogP contribution in [0.15, 0.2) is 30.3 Å². The monoisotopic (exact) mass is 558 g/mol. The predicted octanol–water partition coefficient (Wildman–Crippen LogP) is 3.76. The number of anilines is 2. The molecule has 2 fully saturated rings. The van der Waals surface area contributed by atoms with Crippen LogP contribution in [0.25, 0.3) is 0 Å². The van der Waals surface area contributed by atoms with Gasteiger partial charge in [0.1, 0.15) is 18.5 Å². The predicted molar refractivity (Wildman–Crippen MR) is 134 cm³/mol. The van der Waals surface area contributed by atoms with Gasteiger partial charge in [-0.05, 0) is 43.2 Å². The van der Waals surface area contributed by atoms with E-state index in [2.05, 4.69) is 10.6 Å². The number of alkyl halides is 2. The number of carbonyl (C=O) groups excluding carboxylic acids is 3. The molecule has 0 radical (unpaired) electrons. The zero-order valence-corrected chi connectivity index (χ0v) is 21.3. The van der Waals surface area contributed by atoms with Crippen molar-refractivity contribution in [2.75, 3.05) is 43.1 Å². The highest BCUT2D eigenvalue weighted by Crippen LogP contribution is 2.29. The third-order valence-corrected chi connectivity index (χ3v) is 7.57. The minimum Gasteiger partial charge on any atom is -0.370 e. The maximum atomic E-state index is 14.9. The first-order chi connectivity index (χ1) is 17.7. The lowest BCUT2D eigenvalue weighted by Crippen LogP contribution is -2.57. The fourth-order valence-electron chi connectivity index (χ4n) is 4.28. The van der Waals surface area contributed by atoms with Gasteiger partial charge < -0.3 is 20.3 Å². The molecule has 8 nitrogen and oxygen atoms in total. The third-order valence-electron chi connectivity index (χ3n) is 6.34. The maximum Gasteiger partial charge on any atom is 0.261 e. The van der Waals surface area contributed by atoms with Crippen molar-refractivity contribution < 1.29 is 32.3 Å². The Kier molecular flexibility index (Phi) is 9.06. The minimum atomic E-state index is -2.69. The van der Waals surface area contributed by atoms with E-state index in [-0.39, 0.29) is 49.6 Å². The molecule has 37 heavy (non-hydrogen) atoms. The molecule has 0 spiro atoms. The van der Waals surface area contributed by atoms with Crippen LogP contribution in [-0.4, -0.2) is 74.0 Å². The minimum absolute atomic E-state index is 0.0542. The Hall–Kier alpha value is -2.67. The van der Waals surface area contributed by atoms with Gasteiger partial charge >= 0.3 is 0 Å². The number of ether oxygens (including phenoxy) is 1. The SMILES string of the molecule is O=C(NC[C@@H](C(=O)Nc1ccc(N2CCOCC2=O)c(F)c1)N(CC(F)F)C1CCC1)c1ccc(Cl)s1. The molecule has 1 atom stereocenters. The Morgan fingerprint density at radius 2 is 2.03 bits per heavy atom. The number of nitrogens with zero attached hydrogens (tertiary/aromatic N) is 2. The van der Waals surface area contributed by atoms with Crippen molar-refractivity contribution in [3.63, 3.8) is 0 Å². The number of rotatable bonds is 10. The average Bonchev–Trinajstić information content (AvgIpc) is 3.25. The van der Waals surface area contributed by atoms with Gasteiger partial charge in [-0.2, -0.15) is 0 Å². The summed E-state index contributed by atoms with van der Waals surface area (Å²) >= 11 is 6.95. The molecule has 1 aromatic heterocycles. The van der Waals surface area contributed by atoms with E-state index >= 15 is 0 Å². The summed E-state index contributed by atoms with van der Waals surface area (Å²) < 4.78 is 47.3.